The summed E-state index contributed by atoms with van der Waals surface area (Å²) in [5, 5.41) is 13.4. The Morgan fingerprint density at radius 3 is 2.65 bits per heavy atom. The molecule has 0 unspecified atom stereocenters. The number of carbonyl (C=O) groups excluding carboxylic acids is 1. The first kappa shape index (κ1) is 16.4. The van der Waals surface area contributed by atoms with Crippen LogP contribution in [0.4, 0.5) is 0 Å². The molecular weight excluding hydrogens is 292 g/mol. The van der Waals surface area contributed by atoms with Gasteiger partial charge in [-0.05, 0) is 58.9 Å². The number of nitrogens with zero attached hydrogens (tertiary/aromatic N) is 4. The molecule has 2 aliphatic heterocycles. The minimum absolute atomic E-state index is 0.176. The third-order valence-electron chi connectivity index (χ3n) is 5.25. The van der Waals surface area contributed by atoms with E-state index in [-0.39, 0.29) is 11.8 Å². The number of hydrogen-bond acceptors (Lipinski definition) is 5. The Bertz CT molecular complexity index is 475. The van der Waals surface area contributed by atoms with E-state index < -0.39 is 0 Å². The molecule has 0 aliphatic carbocycles. The van der Waals surface area contributed by atoms with Crippen molar-refractivity contribution in [3.8, 4) is 0 Å². The molecule has 2 N–H and O–H groups in total. The second-order valence-corrected chi connectivity index (χ2v) is 6.85. The van der Waals surface area contributed by atoms with Crippen LogP contribution in [-0.2, 0) is 11.2 Å². The highest BCUT2D eigenvalue weighted by Gasteiger charge is 2.29. The molecule has 1 amide bonds. The smallest absolute Gasteiger partial charge is 0.223 e. The average molecular weight is 320 g/mol. The summed E-state index contributed by atoms with van der Waals surface area (Å²) in [7, 11) is 2.20. The fraction of sp³-hybridized carbons (Fsp3) is 0.812. The zero-order chi connectivity index (χ0) is 16.1. The Morgan fingerprint density at radius 2 is 2.00 bits per heavy atom. The topological polar surface area (TPSA) is 77.1 Å². The number of carbonyl (C=O) groups is 1. The third-order valence-corrected chi connectivity index (χ3v) is 5.25. The van der Waals surface area contributed by atoms with E-state index in [0.717, 1.165) is 44.1 Å². The molecule has 2 fully saturated rings. The zero-order valence-corrected chi connectivity index (χ0v) is 14.0. The van der Waals surface area contributed by atoms with Gasteiger partial charge in [-0.15, -0.1) is 0 Å². The molecule has 0 bridgehead atoms. The summed E-state index contributed by atoms with van der Waals surface area (Å²) in [5.74, 6) is 0.381. The van der Waals surface area contributed by atoms with Crippen LogP contribution in [0.2, 0.25) is 0 Å². The van der Waals surface area contributed by atoms with Gasteiger partial charge in [-0.2, -0.15) is 15.4 Å². The van der Waals surface area contributed by atoms with Gasteiger partial charge in [0.05, 0.1) is 11.9 Å². The van der Waals surface area contributed by atoms with Crippen molar-refractivity contribution in [2.24, 2.45) is 5.92 Å². The Kier molecular flexibility index (Phi) is 5.61. The maximum atomic E-state index is 12.3. The van der Waals surface area contributed by atoms with Gasteiger partial charge in [0.25, 0.3) is 0 Å². The quantitative estimate of drug-likeness (QED) is 0.814. The molecular formula is C16H28N6O. The number of piperidine rings is 2. The van der Waals surface area contributed by atoms with Gasteiger partial charge in [-0.25, -0.2) is 0 Å². The van der Waals surface area contributed by atoms with Crippen LogP contribution in [0.1, 0.15) is 31.4 Å². The lowest BCUT2D eigenvalue weighted by Gasteiger charge is -2.40. The Labute approximate surface area is 137 Å². The highest BCUT2D eigenvalue weighted by Crippen LogP contribution is 2.23. The molecule has 1 aromatic heterocycles. The molecule has 0 radical (unpaired) electrons. The van der Waals surface area contributed by atoms with Gasteiger partial charge in [0.15, 0.2) is 0 Å². The highest BCUT2D eigenvalue weighted by atomic mass is 16.1. The SMILES string of the molecule is CN1CCC(N2CCC(C(=O)NCCc3cn[nH]n3)CC2)CC1. The van der Waals surface area contributed by atoms with Gasteiger partial charge < -0.3 is 15.1 Å². The summed E-state index contributed by atoms with van der Waals surface area (Å²) >= 11 is 0. The Balaban J connectivity index is 1.35. The van der Waals surface area contributed by atoms with Crippen LogP contribution in [0.3, 0.4) is 0 Å². The molecule has 2 aliphatic rings. The summed E-state index contributed by atoms with van der Waals surface area (Å²) < 4.78 is 0. The molecule has 1 aromatic rings. The summed E-state index contributed by atoms with van der Waals surface area (Å²) in [4.78, 5) is 17.3. The maximum Gasteiger partial charge on any atom is 0.223 e. The highest BCUT2D eigenvalue weighted by molar-refractivity contribution is 5.78. The van der Waals surface area contributed by atoms with Crippen LogP contribution < -0.4 is 5.32 Å². The van der Waals surface area contributed by atoms with Crippen molar-refractivity contribution in [2.45, 2.75) is 38.1 Å². The first-order chi connectivity index (χ1) is 11.2. The number of aromatic nitrogens is 3. The number of H-pyrrole nitrogens is 1. The predicted octanol–water partition coefficient (Wildman–Crippen LogP) is 0.270. The molecule has 7 nitrogen and oxygen atoms in total. The lowest BCUT2D eigenvalue weighted by molar-refractivity contribution is -0.126. The number of likely N-dealkylation sites (tertiary alicyclic amines) is 2. The third kappa shape index (κ3) is 4.51. The van der Waals surface area contributed by atoms with Crippen LogP contribution in [0.15, 0.2) is 6.20 Å². The first-order valence-electron chi connectivity index (χ1n) is 8.77. The van der Waals surface area contributed by atoms with Crippen molar-refractivity contribution in [1.82, 2.24) is 30.5 Å². The lowest BCUT2D eigenvalue weighted by Crippen LogP contribution is -2.48. The zero-order valence-electron chi connectivity index (χ0n) is 14.0. The van der Waals surface area contributed by atoms with E-state index in [1.54, 1.807) is 6.20 Å². The molecule has 3 heterocycles. The van der Waals surface area contributed by atoms with E-state index in [1.807, 2.05) is 0 Å². The summed E-state index contributed by atoms with van der Waals surface area (Å²) in [5.41, 5.74) is 0.891. The molecule has 2 saturated heterocycles. The number of amides is 1. The molecule has 3 rings (SSSR count). The van der Waals surface area contributed by atoms with E-state index in [4.69, 9.17) is 0 Å². The van der Waals surface area contributed by atoms with Crippen molar-refractivity contribution in [1.29, 1.82) is 0 Å². The molecule has 0 saturated carbocycles. The second-order valence-electron chi connectivity index (χ2n) is 6.85. The fourth-order valence-corrected chi connectivity index (χ4v) is 3.69. The van der Waals surface area contributed by atoms with Crippen LogP contribution >= 0.6 is 0 Å². The fourth-order valence-electron chi connectivity index (χ4n) is 3.69. The summed E-state index contributed by atoms with van der Waals surface area (Å²) in [6.07, 6.45) is 6.95. The molecule has 23 heavy (non-hydrogen) atoms. The van der Waals surface area contributed by atoms with Gasteiger partial charge in [0, 0.05) is 24.9 Å². The van der Waals surface area contributed by atoms with Gasteiger partial charge in [-0.3, -0.25) is 4.79 Å². The van der Waals surface area contributed by atoms with E-state index in [1.165, 1.54) is 25.9 Å². The van der Waals surface area contributed by atoms with Gasteiger partial charge in [0.2, 0.25) is 5.91 Å². The van der Waals surface area contributed by atoms with Crippen LogP contribution in [0.5, 0.6) is 0 Å². The number of hydrogen-bond donors (Lipinski definition) is 2. The van der Waals surface area contributed by atoms with E-state index in [0.29, 0.717) is 6.54 Å². The first-order valence-corrected chi connectivity index (χ1v) is 8.77. The van der Waals surface area contributed by atoms with E-state index >= 15 is 0 Å². The number of rotatable bonds is 5. The molecule has 7 heteroatoms. The van der Waals surface area contributed by atoms with Crippen molar-refractivity contribution in [3.63, 3.8) is 0 Å². The predicted molar refractivity (Wildman–Crippen MR) is 87.9 cm³/mol. The number of aromatic amines is 1. The monoisotopic (exact) mass is 320 g/mol. The van der Waals surface area contributed by atoms with Crippen molar-refractivity contribution in [2.75, 3.05) is 39.8 Å². The van der Waals surface area contributed by atoms with Crippen LogP contribution in [0.25, 0.3) is 0 Å². The molecule has 0 spiro atoms. The number of nitrogens with one attached hydrogen (secondary N) is 2. The Hall–Kier alpha value is -1.47. The van der Waals surface area contributed by atoms with E-state index in [2.05, 4.69) is 37.6 Å². The summed E-state index contributed by atoms with van der Waals surface area (Å²) in [6, 6.07) is 0.724. The van der Waals surface area contributed by atoms with Crippen LogP contribution in [-0.4, -0.2) is 76.9 Å². The Morgan fingerprint density at radius 1 is 1.26 bits per heavy atom. The normalized spacial score (nSPS) is 22.3. The van der Waals surface area contributed by atoms with E-state index in [9.17, 15) is 4.79 Å². The van der Waals surface area contributed by atoms with Gasteiger partial charge in [0.1, 0.15) is 0 Å². The minimum Gasteiger partial charge on any atom is -0.355 e. The lowest BCUT2D eigenvalue weighted by atomic mass is 9.93. The average Bonchev–Trinajstić information content (AvgIpc) is 3.09. The largest absolute Gasteiger partial charge is 0.355 e. The van der Waals surface area contributed by atoms with Crippen molar-refractivity contribution < 1.29 is 4.79 Å². The van der Waals surface area contributed by atoms with Crippen molar-refractivity contribution in [3.05, 3.63) is 11.9 Å². The van der Waals surface area contributed by atoms with Crippen LogP contribution in [0, 0.1) is 5.92 Å². The van der Waals surface area contributed by atoms with Crippen molar-refractivity contribution >= 4 is 5.91 Å². The molecule has 128 valence electrons. The van der Waals surface area contributed by atoms with Gasteiger partial charge in [-0.1, -0.05) is 0 Å². The maximum absolute atomic E-state index is 12.3. The standard InChI is InChI=1S/C16H28N6O/c1-21-8-5-15(6-9-21)22-10-3-13(4-11-22)16(23)17-7-2-14-12-18-20-19-14/h12-13,15H,2-11H2,1H3,(H,17,23)(H,18,19,20). The minimum atomic E-state index is 0.176. The molecule has 0 aromatic carbocycles. The summed E-state index contributed by atoms with van der Waals surface area (Å²) in [6.45, 7) is 5.17. The molecule has 0 atom stereocenters. The second kappa shape index (κ2) is 7.88. The van der Waals surface area contributed by atoms with Gasteiger partial charge >= 0.3 is 0 Å².